The van der Waals surface area contributed by atoms with Crippen molar-refractivity contribution in [2.45, 2.75) is 19.6 Å². The lowest BCUT2D eigenvalue weighted by Gasteiger charge is -2.08. The van der Waals surface area contributed by atoms with Crippen molar-refractivity contribution in [1.82, 2.24) is 0 Å². The fourth-order valence-electron chi connectivity index (χ4n) is 1.85. The molecule has 0 saturated heterocycles. The van der Waals surface area contributed by atoms with Crippen molar-refractivity contribution in [1.29, 1.82) is 0 Å². The molecule has 116 valence electrons. The summed E-state index contributed by atoms with van der Waals surface area (Å²) in [6, 6.07) is 12.6. The quantitative estimate of drug-likeness (QED) is 0.666. The monoisotopic (exact) mass is 307 g/mol. The third-order valence-corrected chi connectivity index (χ3v) is 3.01. The number of nitrogens with one attached hydrogen (secondary N) is 1. The third kappa shape index (κ3) is 4.51. The smallest absolute Gasteiger partial charge is 0.370 e. The maximum absolute atomic E-state index is 12.6. The molecule has 0 atom stereocenters. The molecule has 0 unspecified atom stereocenters. The fraction of sp³-hybridized carbons (Fsp3) is 0.188. The SMILES string of the molecule is Cc1ccc(NC(N)=NCc2cccc(C(F)(F)F)c2)cc1. The molecule has 2 aromatic carbocycles. The fourth-order valence-corrected chi connectivity index (χ4v) is 1.85. The number of anilines is 1. The average Bonchev–Trinajstić information content (AvgIpc) is 2.47. The van der Waals surface area contributed by atoms with Gasteiger partial charge in [-0.2, -0.15) is 13.2 Å². The van der Waals surface area contributed by atoms with E-state index in [4.69, 9.17) is 5.73 Å². The summed E-state index contributed by atoms with van der Waals surface area (Å²) in [6.07, 6.45) is -4.36. The Bertz CT molecular complexity index is 661. The Morgan fingerprint density at radius 3 is 2.45 bits per heavy atom. The van der Waals surface area contributed by atoms with Gasteiger partial charge in [-0.1, -0.05) is 29.8 Å². The van der Waals surface area contributed by atoms with Gasteiger partial charge in [0, 0.05) is 5.69 Å². The summed E-state index contributed by atoms with van der Waals surface area (Å²) in [5.74, 6) is 0.154. The van der Waals surface area contributed by atoms with Gasteiger partial charge < -0.3 is 11.1 Å². The van der Waals surface area contributed by atoms with E-state index >= 15 is 0 Å². The zero-order valence-corrected chi connectivity index (χ0v) is 12.0. The highest BCUT2D eigenvalue weighted by atomic mass is 19.4. The number of rotatable bonds is 3. The molecular formula is C16H16F3N3. The topological polar surface area (TPSA) is 50.4 Å². The number of halogens is 3. The Kier molecular flexibility index (Phi) is 4.70. The zero-order valence-electron chi connectivity index (χ0n) is 12.0. The summed E-state index contributed by atoms with van der Waals surface area (Å²) in [6.45, 7) is 2.05. The van der Waals surface area contributed by atoms with Crippen LogP contribution in [0.25, 0.3) is 0 Å². The summed E-state index contributed by atoms with van der Waals surface area (Å²) >= 11 is 0. The number of alkyl halides is 3. The van der Waals surface area contributed by atoms with E-state index in [1.54, 1.807) is 6.07 Å². The van der Waals surface area contributed by atoms with Crippen molar-refractivity contribution in [3.05, 3.63) is 65.2 Å². The lowest BCUT2D eigenvalue weighted by atomic mass is 10.1. The summed E-state index contributed by atoms with van der Waals surface area (Å²) in [5, 5.41) is 2.89. The molecule has 0 saturated carbocycles. The second-order valence-electron chi connectivity index (χ2n) is 4.89. The number of nitrogens with two attached hydrogens (primary N) is 1. The first-order valence-corrected chi connectivity index (χ1v) is 6.64. The molecule has 0 aliphatic rings. The van der Waals surface area contributed by atoms with Crippen molar-refractivity contribution in [3.63, 3.8) is 0 Å². The lowest BCUT2D eigenvalue weighted by molar-refractivity contribution is -0.137. The summed E-state index contributed by atoms with van der Waals surface area (Å²) < 4.78 is 37.8. The summed E-state index contributed by atoms with van der Waals surface area (Å²) in [7, 11) is 0. The molecule has 3 N–H and O–H groups in total. The van der Waals surface area contributed by atoms with Gasteiger partial charge in [-0.05, 0) is 36.8 Å². The van der Waals surface area contributed by atoms with Crippen molar-refractivity contribution < 1.29 is 13.2 Å². The molecule has 0 bridgehead atoms. The van der Waals surface area contributed by atoms with Gasteiger partial charge in [0.05, 0.1) is 12.1 Å². The number of aliphatic imine (C=N–C) groups is 1. The number of guanidine groups is 1. The molecule has 0 heterocycles. The molecule has 0 amide bonds. The van der Waals surface area contributed by atoms with Gasteiger partial charge in [-0.25, -0.2) is 4.99 Å². The zero-order chi connectivity index (χ0) is 16.2. The van der Waals surface area contributed by atoms with Crippen LogP contribution in [0.5, 0.6) is 0 Å². The van der Waals surface area contributed by atoms with Gasteiger partial charge in [0.2, 0.25) is 0 Å². The van der Waals surface area contributed by atoms with Crippen LogP contribution in [-0.2, 0) is 12.7 Å². The largest absolute Gasteiger partial charge is 0.416 e. The Balaban J connectivity index is 2.03. The van der Waals surface area contributed by atoms with Crippen molar-refractivity contribution in [2.75, 3.05) is 5.32 Å². The van der Waals surface area contributed by atoms with E-state index in [1.165, 1.54) is 6.07 Å². The van der Waals surface area contributed by atoms with Crippen LogP contribution in [0.15, 0.2) is 53.5 Å². The molecule has 0 aliphatic carbocycles. The molecule has 0 aliphatic heterocycles. The van der Waals surface area contributed by atoms with Crippen molar-refractivity contribution in [2.24, 2.45) is 10.7 Å². The second kappa shape index (κ2) is 6.51. The van der Waals surface area contributed by atoms with Crippen LogP contribution < -0.4 is 11.1 Å². The molecule has 0 radical (unpaired) electrons. The van der Waals surface area contributed by atoms with Gasteiger partial charge in [-0.3, -0.25) is 0 Å². The van der Waals surface area contributed by atoms with E-state index in [2.05, 4.69) is 10.3 Å². The van der Waals surface area contributed by atoms with E-state index in [9.17, 15) is 13.2 Å². The number of hydrogen-bond acceptors (Lipinski definition) is 1. The second-order valence-corrected chi connectivity index (χ2v) is 4.89. The molecule has 0 spiro atoms. The molecule has 2 rings (SSSR count). The Labute approximate surface area is 126 Å². The van der Waals surface area contributed by atoms with Crippen LogP contribution in [-0.4, -0.2) is 5.96 Å². The van der Waals surface area contributed by atoms with Crippen LogP contribution in [0.1, 0.15) is 16.7 Å². The maximum Gasteiger partial charge on any atom is 0.416 e. The van der Waals surface area contributed by atoms with Gasteiger partial charge in [-0.15, -0.1) is 0 Å². The highest BCUT2D eigenvalue weighted by Crippen LogP contribution is 2.29. The molecular weight excluding hydrogens is 291 g/mol. The standard InChI is InChI=1S/C16H16F3N3/c1-11-5-7-14(8-6-11)22-15(20)21-10-12-3-2-4-13(9-12)16(17,18)19/h2-9H,10H2,1H3,(H3,20,21,22). The van der Waals surface area contributed by atoms with E-state index in [-0.39, 0.29) is 12.5 Å². The van der Waals surface area contributed by atoms with E-state index in [0.717, 1.165) is 23.4 Å². The van der Waals surface area contributed by atoms with Crippen LogP contribution in [0.3, 0.4) is 0 Å². The number of hydrogen-bond donors (Lipinski definition) is 2. The molecule has 22 heavy (non-hydrogen) atoms. The van der Waals surface area contributed by atoms with Crippen LogP contribution in [0.4, 0.5) is 18.9 Å². The third-order valence-electron chi connectivity index (χ3n) is 3.01. The molecule has 2 aromatic rings. The van der Waals surface area contributed by atoms with Crippen LogP contribution in [0.2, 0.25) is 0 Å². The predicted octanol–water partition coefficient (Wildman–Crippen LogP) is 3.94. The number of benzene rings is 2. The maximum atomic E-state index is 12.6. The first-order valence-electron chi connectivity index (χ1n) is 6.64. The van der Waals surface area contributed by atoms with Gasteiger partial charge in [0.15, 0.2) is 5.96 Å². The van der Waals surface area contributed by atoms with E-state index in [0.29, 0.717) is 5.56 Å². The van der Waals surface area contributed by atoms with E-state index < -0.39 is 11.7 Å². The molecule has 0 aromatic heterocycles. The minimum absolute atomic E-state index is 0.0780. The molecule has 3 nitrogen and oxygen atoms in total. The van der Waals surface area contributed by atoms with Gasteiger partial charge in [0.1, 0.15) is 0 Å². The van der Waals surface area contributed by atoms with Crippen LogP contribution >= 0.6 is 0 Å². The van der Waals surface area contributed by atoms with Crippen molar-refractivity contribution >= 4 is 11.6 Å². The Hall–Kier alpha value is -2.50. The van der Waals surface area contributed by atoms with Gasteiger partial charge >= 0.3 is 6.18 Å². The van der Waals surface area contributed by atoms with E-state index in [1.807, 2.05) is 31.2 Å². The Morgan fingerprint density at radius 2 is 1.82 bits per heavy atom. The van der Waals surface area contributed by atoms with Gasteiger partial charge in [0.25, 0.3) is 0 Å². The predicted molar refractivity (Wildman–Crippen MR) is 81.6 cm³/mol. The molecule has 6 heteroatoms. The highest BCUT2D eigenvalue weighted by molar-refractivity contribution is 5.92. The molecule has 0 fully saturated rings. The first-order chi connectivity index (χ1) is 10.3. The average molecular weight is 307 g/mol. The minimum atomic E-state index is -4.36. The summed E-state index contributed by atoms with van der Waals surface area (Å²) in [4.78, 5) is 4.05. The minimum Gasteiger partial charge on any atom is -0.370 e. The highest BCUT2D eigenvalue weighted by Gasteiger charge is 2.30. The normalized spacial score (nSPS) is 12.3. The number of aryl methyl sites for hydroxylation is 1. The number of nitrogens with zero attached hydrogens (tertiary/aromatic N) is 1. The lowest BCUT2D eigenvalue weighted by Crippen LogP contribution is -2.22. The Morgan fingerprint density at radius 1 is 1.14 bits per heavy atom. The van der Waals surface area contributed by atoms with Crippen LogP contribution in [0, 0.1) is 6.92 Å². The van der Waals surface area contributed by atoms with Crippen molar-refractivity contribution in [3.8, 4) is 0 Å². The summed E-state index contributed by atoms with van der Waals surface area (Å²) in [5.41, 5.74) is 7.38. The first kappa shape index (κ1) is 15.9.